The first-order valence-electron chi connectivity index (χ1n) is 4.84. The van der Waals surface area contributed by atoms with Crippen LogP contribution < -0.4 is 0 Å². The largest absolute Gasteiger partial charge is 0.460 e. The third-order valence-electron chi connectivity index (χ3n) is 1.44. The van der Waals surface area contributed by atoms with Gasteiger partial charge in [0.05, 0.1) is 19.8 Å². The van der Waals surface area contributed by atoms with Crippen LogP contribution in [-0.2, 0) is 19.0 Å². The van der Waals surface area contributed by atoms with Crippen molar-refractivity contribution in [3.8, 4) is 0 Å². The van der Waals surface area contributed by atoms with Crippen molar-refractivity contribution in [3.63, 3.8) is 0 Å². The Morgan fingerprint density at radius 1 is 1.13 bits per heavy atom. The highest BCUT2D eigenvalue weighted by molar-refractivity contribution is 5.82. The summed E-state index contributed by atoms with van der Waals surface area (Å²) in [5, 5.41) is 0. The van der Waals surface area contributed by atoms with Crippen LogP contribution in [0.2, 0.25) is 0 Å². The van der Waals surface area contributed by atoms with Gasteiger partial charge in [-0.05, 0) is 6.92 Å². The second-order valence-electron chi connectivity index (χ2n) is 2.66. The molecule has 0 atom stereocenters. The molecule has 0 saturated carbocycles. The molecule has 0 aliphatic heterocycles. The summed E-state index contributed by atoms with van der Waals surface area (Å²) in [4.78, 5) is 11.0. The molecule has 0 unspecified atom stereocenters. The highest BCUT2D eigenvalue weighted by Gasteiger charge is 1.95. The number of esters is 1. The van der Waals surface area contributed by atoms with E-state index in [0.717, 1.165) is 0 Å². The van der Waals surface area contributed by atoms with Crippen molar-refractivity contribution in [2.45, 2.75) is 6.92 Å². The maximum atomic E-state index is 11.0. The van der Waals surface area contributed by atoms with Crippen LogP contribution in [0.1, 0.15) is 6.92 Å². The van der Waals surface area contributed by atoms with Crippen molar-refractivity contribution in [1.82, 2.24) is 0 Å². The molecule has 0 spiro atoms. The molecule has 0 amide bonds. The zero-order valence-electron chi connectivity index (χ0n) is 9.27. The van der Waals surface area contributed by atoms with Crippen LogP contribution in [0.15, 0.2) is 24.3 Å². The Labute approximate surface area is 90.5 Å². The van der Waals surface area contributed by atoms with Crippen molar-refractivity contribution in [2.24, 2.45) is 0 Å². The van der Waals surface area contributed by atoms with Gasteiger partial charge in [0.1, 0.15) is 6.61 Å². The fourth-order valence-corrected chi connectivity index (χ4v) is 0.739. The van der Waals surface area contributed by atoms with Crippen molar-refractivity contribution in [1.29, 1.82) is 0 Å². The lowest BCUT2D eigenvalue weighted by molar-refractivity contribution is -0.139. The van der Waals surface area contributed by atoms with Crippen LogP contribution in [-0.4, -0.2) is 39.5 Å². The maximum Gasteiger partial charge on any atom is 0.330 e. The minimum atomic E-state index is -0.358. The van der Waals surface area contributed by atoms with E-state index < -0.39 is 0 Å². The fourth-order valence-electron chi connectivity index (χ4n) is 0.739. The Bertz CT molecular complexity index is 209. The molecule has 86 valence electrons. The molecule has 0 aromatic heterocycles. The molecule has 0 radical (unpaired) electrons. The number of carbonyl (C=O) groups excluding carboxylic acids is 1. The van der Waals surface area contributed by atoms with Gasteiger partial charge in [-0.25, -0.2) is 4.79 Å². The number of ether oxygens (including phenoxy) is 3. The van der Waals surface area contributed by atoms with Crippen molar-refractivity contribution in [3.05, 3.63) is 24.3 Å². The summed E-state index contributed by atoms with van der Waals surface area (Å²) < 4.78 is 14.7. The minimum Gasteiger partial charge on any atom is -0.460 e. The summed E-state index contributed by atoms with van der Waals surface area (Å²) in [5.74, 6) is -0.358. The summed E-state index contributed by atoms with van der Waals surface area (Å²) in [6.07, 6.45) is 6.59. The summed E-state index contributed by atoms with van der Waals surface area (Å²) in [7, 11) is 1.61. The molecule has 0 aromatic carbocycles. The van der Waals surface area contributed by atoms with E-state index in [1.54, 1.807) is 19.3 Å². The summed E-state index contributed by atoms with van der Waals surface area (Å²) in [6.45, 7) is 3.60. The van der Waals surface area contributed by atoms with E-state index in [1.807, 2.05) is 13.0 Å². The molecule has 0 fully saturated rings. The summed E-state index contributed by atoms with van der Waals surface area (Å²) in [5.41, 5.74) is 0. The van der Waals surface area contributed by atoms with Crippen LogP contribution in [0.4, 0.5) is 0 Å². The van der Waals surface area contributed by atoms with Gasteiger partial charge >= 0.3 is 5.97 Å². The third kappa shape index (κ3) is 10.8. The second-order valence-corrected chi connectivity index (χ2v) is 2.66. The van der Waals surface area contributed by atoms with E-state index in [0.29, 0.717) is 19.8 Å². The molecule has 0 aromatic rings. The van der Waals surface area contributed by atoms with Gasteiger partial charge in [-0.1, -0.05) is 18.2 Å². The molecular formula is C11H18O4. The maximum absolute atomic E-state index is 11.0. The lowest BCUT2D eigenvalue weighted by Gasteiger charge is -2.03. The van der Waals surface area contributed by atoms with Crippen LogP contribution in [0.25, 0.3) is 0 Å². The number of carbonyl (C=O) groups is 1. The SMILES string of the molecule is CC=CC=CC(=O)OCCOCCOC. The average molecular weight is 214 g/mol. The Kier molecular flexibility index (Phi) is 10.1. The van der Waals surface area contributed by atoms with Gasteiger partial charge in [-0.15, -0.1) is 0 Å². The number of allylic oxidation sites excluding steroid dienone is 3. The quantitative estimate of drug-likeness (QED) is 0.264. The smallest absolute Gasteiger partial charge is 0.330 e. The molecule has 0 rings (SSSR count). The molecule has 0 heterocycles. The first-order valence-corrected chi connectivity index (χ1v) is 4.84. The molecule has 0 aliphatic rings. The monoisotopic (exact) mass is 214 g/mol. The molecule has 4 nitrogen and oxygen atoms in total. The van der Waals surface area contributed by atoms with Crippen LogP contribution in [0.5, 0.6) is 0 Å². The Balaban J connectivity index is 3.31. The van der Waals surface area contributed by atoms with Gasteiger partial charge < -0.3 is 14.2 Å². The van der Waals surface area contributed by atoms with Gasteiger partial charge in [0.15, 0.2) is 0 Å². The van der Waals surface area contributed by atoms with Crippen LogP contribution >= 0.6 is 0 Å². The molecule has 0 N–H and O–H groups in total. The number of hydrogen-bond donors (Lipinski definition) is 0. The lowest BCUT2D eigenvalue weighted by Crippen LogP contribution is -2.10. The van der Waals surface area contributed by atoms with Gasteiger partial charge in [0.25, 0.3) is 0 Å². The average Bonchev–Trinajstić information content (AvgIpc) is 2.23. The van der Waals surface area contributed by atoms with Crippen LogP contribution in [0.3, 0.4) is 0 Å². The third-order valence-corrected chi connectivity index (χ3v) is 1.44. The Morgan fingerprint density at radius 2 is 1.87 bits per heavy atom. The fraction of sp³-hybridized carbons (Fsp3) is 0.545. The first kappa shape index (κ1) is 13.9. The van der Waals surface area contributed by atoms with E-state index in [9.17, 15) is 4.79 Å². The Morgan fingerprint density at radius 3 is 2.53 bits per heavy atom. The number of methoxy groups -OCH3 is 1. The predicted octanol–water partition coefficient (Wildman–Crippen LogP) is 1.32. The topological polar surface area (TPSA) is 44.8 Å². The van der Waals surface area contributed by atoms with Gasteiger partial charge in [-0.3, -0.25) is 0 Å². The van der Waals surface area contributed by atoms with Crippen molar-refractivity contribution >= 4 is 5.97 Å². The number of hydrogen-bond acceptors (Lipinski definition) is 4. The normalized spacial score (nSPS) is 11.3. The van der Waals surface area contributed by atoms with Crippen molar-refractivity contribution in [2.75, 3.05) is 33.5 Å². The van der Waals surface area contributed by atoms with E-state index in [4.69, 9.17) is 14.2 Å². The summed E-state index contributed by atoms with van der Waals surface area (Å²) in [6, 6.07) is 0. The molecule has 0 bridgehead atoms. The van der Waals surface area contributed by atoms with E-state index in [2.05, 4.69) is 0 Å². The minimum absolute atomic E-state index is 0.267. The standard InChI is InChI=1S/C11H18O4/c1-3-4-5-6-11(12)15-10-9-14-8-7-13-2/h3-6H,7-10H2,1-2H3. The second kappa shape index (κ2) is 10.9. The van der Waals surface area contributed by atoms with Crippen molar-refractivity contribution < 1.29 is 19.0 Å². The summed E-state index contributed by atoms with van der Waals surface area (Å²) >= 11 is 0. The van der Waals surface area contributed by atoms with E-state index in [1.165, 1.54) is 6.08 Å². The molecular weight excluding hydrogens is 196 g/mol. The Hall–Kier alpha value is -1.13. The van der Waals surface area contributed by atoms with Gasteiger partial charge in [-0.2, -0.15) is 0 Å². The van der Waals surface area contributed by atoms with Crippen LogP contribution in [0, 0.1) is 0 Å². The molecule has 0 aliphatic carbocycles. The molecule has 15 heavy (non-hydrogen) atoms. The highest BCUT2D eigenvalue weighted by Crippen LogP contribution is 1.84. The van der Waals surface area contributed by atoms with Gasteiger partial charge in [0.2, 0.25) is 0 Å². The van der Waals surface area contributed by atoms with E-state index in [-0.39, 0.29) is 12.6 Å². The molecule has 4 heteroatoms. The molecule has 0 saturated heterocycles. The lowest BCUT2D eigenvalue weighted by atomic mass is 10.4. The van der Waals surface area contributed by atoms with Gasteiger partial charge in [0, 0.05) is 13.2 Å². The zero-order chi connectivity index (χ0) is 11.4. The predicted molar refractivity (Wildman–Crippen MR) is 57.6 cm³/mol. The van der Waals surface area contributed by atoms with E-state index >= 15 is 0 Å². The number of rotatable bonds is 8. The highest BCUT2D eigenvalue weighted by atomic mass is 16.6. The first-order chi connectivity index (χ1) is 7.31. The zero-order valence-corrected chi connectivity index (χ0v) is 9.27.